The van der Waals surface area contributed by atoms with E-state index < -0.39 is 0 Å². The summed E-state index contributed by atoms with van der Waals surface area (Å²) in [6.45, 7) is 6.71. The predicted octanol–water partition coefficient (Wildman–Crippen LogP) is 2.08. The van der Waals surface area contributed by atoms with Crippen LogP contribution in [0.2, 0.25) is 0 Å². The molecule has 0 saturated carbocycles. The lowest BCUT2D eigenvalue weighted by Gasteiger charge is -2.07. The zero-order valence-corrected chi connectivity index (χ0v) is 12.0. The van der Waals surface area contributed by atoms with E-state index in [0.29, 0.717) is 13.0 Å². The Morgan fingerprint density at radius 3 is 2.56 bits per heavy atom. The van der Waals surface area contributed by atoms with Crippen molar-refractivity contribution in [2.24, 2.45) is 0 Å². The fourth-order valence-corrected chi connectivity index (χ4v) is 1.64. The van der Waals surface area contributed by atoms with Gasteiger partial charge < -0.3 is 10.6 Å². The van der Waals surface area contributed by atoms with E-state index in [1.54, 1.807) is 0 Å². The summed E-state index contributed by atoms with van der Waals surface area (Å²) in [5.74, 6) is 0.0950. The molecular weight excluding hydrogens is 248 g/mol. The molecule has 1 rings (SSSR count). The topological polar surface area (TPSA) is 41.1 Å². The van der Waals surface area contributed by atoms with E-state index in [1.165, 1.54) is 5.56 Å². The summed E-state index contributed by atoms with van der Waals surface area (Å²) >= 11 is 0. The standard InChI is InChI=1S/C14H22N2O.ClH/c1-3-8-15-9-10-16-14(17)11-13-7-5-4-6-12(13)2;/h4-7,15H,3,8-11H2,1-2H3,(H,16,17);1H. The molecule has 0 fully saturated rings. The third kappa shape index (κ3) is 6.62. The van der Waals surface area contributed by atoms with E-state index >= 15 is 0 Å². The summed E-state index contributed by atoms with van der Waals surface area (Å²) in [5.41, 5.74) is 2.28. The van der Waals surface area contributed by atoms with Gasteiger partial charge in [-0.05, 0) is 31.0 Å². The molecule has 0 aromatic heterocycles. The Morgan fingerprint density at radius 2 is 1.89 bits per heavy atom. The maximum absolute atomic E-state index is 11.7. The number of benzene rings is 1. The van der Waals surface area contributed by atoms with Gasteiger partial charge in [0.2, 0.25) is 5.91 Å². The zero-order valence-electron chi connectivity index (χ0n) is 11.2. The summed E-state index contributed by atoms with van der Waals surface area (Å²) in [7, 11) is 0. The van der Waals surface area contributed by atoms with Crippen molar-refractivity contribution < 1.29 is 4.79 Å². The molecule has 18 heavy (non-hydrogen) atoms. The molecule has 3 nitrogen and oxygen atoms in total. The van der Waals surface area contributed by atoms with Crippen molar-refractivity contribution in [1.29, 1.82) is 0 Å². The van der Waals surface area contributed by atoms with Gasteiger partial charge in [0.25, 0.3) is 0 Å². The van der Waals surface area contributed by atoms with Gasteiger partial charge in [-0.25, -0.2) is 0 Å². The van der Waals surface area contributed by atoms with Gasteiger partial charge in [-0.1, -0.05) is 31.2 Å². The minimum Gasteiger partial charge on any atom is -0.355 e. The lowest BCUT2D eigenvalue weighted by Crippen LogP contribution is -2.33. The Balaban J connectivity index is 0.00000289. The Bertz CT molecular complexity index is 355. The summed E-state index contributed by atoms with van der Waals surface area (Å²) in [5, 5.41) is 6.17. The average molecular weight is 271 g/mol. The number of aryl methyl sites for hydroxylation is 1. The number of carbonyl (C=O) groups is 1. The van der Waals surface area contributed by atoms with Crippen LogP contribution in [0.5, 0.6) is 0 Å². The third-order valence-corrected chi connectivity index (χ3v) is 2.66. The van der Waals surface area contributed by atoms with Crippen molar-refractivity contribution in [3.8, 4) is 0 Å². The van der Waals surface area contributed by atoms with Gasteiger partial charge >= 0.3 is 0 Å². The fourth-order valence-electron chi connectivity index (χ4n) is 1.64. The lowest BCUT2D eigenvalue weighted by atomic mass is 10.1. The largest absolute Gasteiger partial charge is 0.355 e. The van der Waals surface area contributed by atoms with Crippen LogP contribution in [0.15, 0.2) is 24.3 Å². The monoisotopic (exact) mass is 270 g/mol. The van der Waals surface area contributed by atoms with Crippen LogP contribution < -0.4 is 10.6 Å². The minimum absolute atomic E-state index is 0. The van der Waals surface area contributed by atoms with Crippen LogP contribution in [0.4, 0.5) is 0 Å². The molecule has 102 valence electrons. The molecule has 0 heterocycles. The summed E-state index contributed by atoms with van der Waals surface area (Å²) in [4.78, 5) is 11.7. The third-order valence-electron chi connectivity index (χ3n) is 2.66. The molecule has 0 atom stereocenters. The first kappa shape index (κ1) is 16.9. The number of hydrogen-bond donors (Lipinski definition) is 2. The van der Waals surface area contributed by atoms with Crippen LogP contribution in [0.25, 0.3) is 0 Å². The second kappa shape index (κ2) is 9.92. The molecule has 4 heteroatoms. The van der Waals surface area contributed by atoms with E-state index in [-0.39, 0.29) is 18.3 Å². The molecule has 0 spiro atoms. The Morgan fingerprint density at radius 1 is 1.17 bits per heavy atom. The average Bonchev–Trinajstić information content (AvgIpc) is 2.32. The second-order valence-corrected chi connectivity index (χ2v) is 4.20. The van der Waals surface area contributed by atoms with Gasteiger partial charge in [0.05, 0.1) is 6.42 Å². The quantitative estimate of drug-likeness (QED) is 0.745. The molecule has 0 aliphatic rings. The Kier molecular flexibility index (Phi) is 9.33. The molecule has 0 bridgehead atoms. The van der Waals surface area contributed by atoms with Crippen LogP contribution in [0.1, 0.15) is 24.5 Å². The lowest BCUT2D eigenvalue weighted by molar-refractivity contribution is -0.120. The first-order chi connectivity index (χ1) is 8.24. The number of amides is 1. The van der Waals surface area contributed by atoms with Crippen LogP contribution in [-0.4, -0.2) is 25.5 Å². The molecule has 1 aromatic rings. The summed E-state index contributed by atoms with van der Waals surface area (Å²) in [6, 6.07) is 8.00. The van der Waals surface area contributed by atoms with Crippen molar-refractivity contribution in [1.82, 2.24) is 10.6 Å². The Labute approximate surface area is 116 Å². The number of hydrogen-bond acceptors (Lipinski definition) is 2. The highest BCUT2D eigenvalue weighted by atomic mass is 35.5. The van der Waals surface area contributed by atoms with Crippen molar-refractivity contribution in [3.05, 3.63) is 35.4 Å². The fraction of sp³-hybridized carbons (Fsp3) is 0.500. The zero-order chi connectivity index (χ0) is 12.5. The van der Waals surface area contributed by atoms with Crippen molar-refractivity contribution in [3.63, 3.8) is 0 Å². The molecule has 0 aliphatic heterocycles. The highest BCUT2D eigenvalue weighted by Gasteiger charge is 2.04. The van der Waals surface area contributed by atoms with Crippen molar-refractivity contribution in [2.75, 3.05) is 19.6 Å². The number of rotatable bonds is 7. The van der Waals surface area contributed by atoms with E-state index in [4.69, 9.17) is 0 Å². The Hall–Kier alpha value is -1.06. The highest BCUT2D eigenvalue weighted by Crippen LogP contribution is 2.07. The van der Waals surface area contributed by atoms with Gasteiger partial charge in [-0.15, -0.1) is 12.4 Å². The van der Waals surface area contributed by atoms with Crippen LogP contribution >= 0.6 is 12.4 Å². The molecule has 0 aliphatic carbocycles. The van der Waals surface area contributed by atoms with Crippen molar-refractivity contribution in [2.45, 2.75) is 26.7 Å². The van der Waals surface area contributed by atoms with E-state index in [9.17, 15) is 4.79 Å². The number of halogens is 1. The van der Waals surface area contributed by atoms with Gasteiger partial charge in [0.15, 0.2) is 0 Å². The molecule has 1 aromatic carbocycles. The first-order valence-electron chi connectivity index (χ1n) is 6.26. The SMILES string of the molecule is CCCNCCNC(=O)Cc1ccccc1C.Cl. The molecular formula is C14H23ClN2O. The maximum atomic E-state index is 11.7. The van der Waals surface area contributed by atoms with Gasteiger partial charge in [0.1, 0.15) is 0 Å². The van der Waals surface area contributed by atoms with E-state index in [0.717, 1.165) is 25.1 Å². The molecule has 0 unspecified atom stereocenters. The minimum atomic E-state index is 0. The van der Waals surface area contributed by atoms with Crippen molar-refractivity contribution >= 4 is 18.3 Å². The maximum Gasteiger partial charge on any atom is 0.224 e. The molecule has 2 N–H and O–H groups in total. The van der Waals surface area contributed by atoms with Gasteiger partial charge in [0, 0.05) is 13.1 Å². The first-order valence-corrected chi connectivity index (χ1v) is 6.26. The highest BCUT2D eigenvalue weighted by molar-refractivity contribution is 5.85. The number of carbonyl (C=O) groups excluding carboxylic acids is 1. The summed E-state index contributed by atoms with van der Waals surface area (Å²) < 4.78 is 0. The van der Waals surface area contributed by atoms with Gasteiger partial charge in [-0.2, -0.15) is 0 Å². The van der Waals surface area contributed by atoms with E-state index in [1.807, 2.05) is 31.2 Å². The molecule has 0 radical (unpaired) electrons. The van der Waals surface area contributed by atoms with Gasteiger partial charge in [-0.3, -0.25) is 4.79 Å². The number of nitrogens with one attached hydrogen (secondary N) is 2. The van der Waals surface area contributed by atoms with Crippen LogP contribution in [0.3, 0.4) is 0 Å². The predicted molar refractivity (Wildman–Crippen MR) is 78.3 cm³/mol. The van der Waals surface area contributed by atoms with Crippen LogP contribution in [0, 0.1) is 6.92 Å². The molecule has 0 saturated heterocycles. The van der Waals surface area contributed by atoms with E-state index in [2.05, 4.69) is 17.6 Å². The van der Waals surface area contributed by atoms with Crippen LogP contribution in [-0.2, 0) is 11.2 Å². The molecule has 1 amide bonds. The smallest absolute Gasteiger partial charge is 0.224 e. The normalized spacial score (nSPS) is 9.67. The second-order valence-electron chi connectivity index (χ2n) is 4.20. The summed E-state index contributed by atoms with van der Waals surface area (Å²) in [6.07, 6.45) is 1.59.